The molecule has 0 unspecified atom stereocenters. The highest BCUT2D eigenvalue weighted by Crippen LogP contribution is 2.16. The number of likely N-dealkylation sites (tertiary alicyclic amines) is 1. The molecule has 2 saturated heterocycles. The first-order chi connectivity index (χ1) is 11.6. The van der Waals surface area contributed by atoms with Crippen molar-refractivity contribution in [3.8, 4) is 0 Å². The third kappa shape index (κ3) is 3.96. The Morgan fingerprint density at radius 1 is 0.917 bits per heavy atom. The van der Waals surface area contributed by atoms with Crippen molar-refractivity contribution in [2.75, 3.05) is 50.7 Å². The van der Waals surface area contributed by atoms with E-state index in [9.17, 15) is 14.0 Å². The first-order valence-electron chi connectivity index (χ1n) is 8.44. The molecule has 24 heavy (non-hydrogen) atoms. The second-order valence-electron chi connectivity index (χ2n) is 6.20. The van der Waals surface area contributed by atoms with Gasteiger partial charge in [-0.25, -0.2) is 9.18 Å². The molecule has 2 aliphatic rings. The topological polar surface area (TPSA) is 55.9 Å². The van der Waals surface area contributed by atoms with Crippen molar-refractivity contribution in [3.05, 3.63) is 30.1 Å². The summed E-state index contributed by atoms with van der Waals surface area (Å²) >= 11 is 0. The van der Waals surface area contributed by atoms with Gasteiger partial charge in [-0.1, -0.05) is 0 Å². The molecule has 3 rings (SSSR count). The standard InChI is InChI=1S/C17H23FN4O2/c18-14-3-5-15(6-4-14)20-9-11-22(12-10-20)17(24)19-13-16(23)21-7-1-2-8-21/h3-6H,1-2,7-13H2,(H,19,24). The van der Waals surface area contributed by atoms with Gasteiger partial charge in [-0.15, -0.1) is 0 Å². The van der Waals surface area contributed by atoms with Crippen LogP contribution in [0.15, 0.2) is 24.3 Å². The lowest BCUT2D eigenvalue weighted by atomic mass is 10.2. The zero-order chi connectivity index (χ0) is 16.9. The number of amides is 3. The Labute approximate surface area is 141 Å². The molecule has 6 nitrogen and oxygen atoms in total. The Kier molecular flexibility index (Phi) is 5.17. The molecular formula is C17H23FN4O2. The van der Waals surface area contributed by atoms with Crippen molar-refractivity contribution in [2.24, 2.45) is 0 Å². The maximum atomic E-state index is 13.0. The van der Waals surface area contributed by atoms with Crippen LogP contribution in [0.3, 0.4) is 0 Å². The summed E-state index contributed by atoms with van der Waals surface area (Å²) in [5, 5.41) is 2.72. The van der Waals surface area contributed by atoms with E-state index in [4.69, 9.17) is 0 Å². The largest absolute Gasteiger partial charge is 0.368 e. The number of hydrogen-bond acceptors (Lipinski definition) is 3. The lowest BCUT2D eigenvalue weighted by molar-refractivity contribution is -0.129. The number of piperazine rings is 1. The monoisotopic (exact) mass is 334 g/mol. The van der Waals surface area contributed by atoms with E-state index in [0.29, 0.717) is 26.2 Å². The van der Waals surface area contributed by atoms with Gasteiger partial charge in [-0.05, 0) is 37.1 Å². The molecule has 0 aliphatic carbocycles. The summed E-state index contributed by atoms with van der Waals surface area (Å²) in [6.45, 7) is 4.22. The Bertz CT molecular complexity index is 579. The Morgan fingerprint density at radius 3 is 2.17 bits per heavy atom. The van der Waals surface area contributed by atoms with E-state index < -0.39 is 0 Å². The fraction of sp³-hybridized carbons (Fsp3) is 0.529. The molecule has 3 amide bonds. The average molecular weight is 334 g/mol. The van der Waals surface area contributed by atoms with Gasteiger partial charge in [0, 0.05) is 45.0 Å². The predicted molar refractivity (Wildman–Crippen MR) is 89.4 cm³/mol. The van der Waals surface area contributed by atoms with Gasteiger partial charge in [0.15, 0.2) is 0 Å². The maximum Gasteiger partial charge on any atom is 0.317 e. The van der Waals surface area contributed by atoms with Crippen LogP contribution in [0.5, 0.6) is 0 Å². The maximum absolute atomic E-state index is 13.0. The van der Waals surface area contributed by atoms with Crippen LogP contribution in [0, 0.1) is 5.82 Å². The fourth-order valence-electron chi connectivity index (χ4n) is 3.16. The van der Waals surface area contributed by atoms with Crippen molar-refractivity contribution < 1.29 is 14.0 Å². The van der Waals surface area contributed by atoms with Gasteiger partial charge >= 0.3 is 6.03 Å². The number of rotatable bonds is 3. The summed E-state index contributed by atoms with van der Waals surface area (Å²) in [5.74, 6) is -0.259. The van der Waals surface area contributed by atoms with Gasteiger partial charge in [0.2, 0.25) is 5.91 Å². The van der Waals surface area contributed by atoms with Crippen LogP contribution in [-0.4, -0.2) is 67.6 Å². The molecule has 1 N–H and O–H groups in total. The van der Waals surface area contributed by atoms with Crippen molar-refractivity contribution in [1.29, 1.82) is 0 Å². The Balaban J connectivity index is 1.43. The van der Waals surface area contributed by atoms with E-state index in [1.807, 2.05) is 0 Å². The number of benzene rings is 1. The molecule has 7 heteroatoms. The number of carbonyl (C=O) groups excluding carboxylic acids is 2. The lowest BCUT2D eigenvalue weighted by Gasteiger charge is -2.36. The van der Waals surface area contributed by atoms with Crippen LogP contribution in [-0.2, 0) is 4.79 Å². The van der Waals surface area contributed by atoms with Gasteiger partial charge in [0.25, 0.3) is 0 Å². The summed E-state index contributed by atoms with van der Waals surface area (Å²) < 4.78 is 13.0. The van der Waals surface area contributed by atoms with Gasteiger partial charge < -0.3 is 20.0 Å². The number of nitrogens with zero attached hydrogens (tertiary/aromatic N) is 3. The number of anilines is 1. The molecule has 0 bridgehead atoms. The predicted octanol–water partition coefficient (Wildman–Crippen LogP) is 1.28. The highest BCUT2D eigenvalue weighted by atomic mass is 19.1. The van der Waals surface area contributed by atoms with Crippen molar-refractivity contribution in [1.82, 2.24) is 15.1 Å². The molecule has 1 aromatic carbocycles. The quantitative estimate of drug-likeness (QED) is 0.906. The molecule has 0 radical (unpaired) electrons. The van der Waals surface area contributed by atoms with Crippen LogP contribution >= 0.6 is 0 Å². The second kappa shape index (κ2) is 7.51. The van der Waals surface area contributed by atoms with Gasteiger partial charge in [-0.3, -0.25) is 4.79 Å². The SMILES string of the molecule is O=C(CNC(=O)N1CCN(c2ccc(F)cc2)CC1)N1CCCC1. The number of carbonyl (C=O) groups is 2. The number of hydrogen-bond donors (Lipinski definition) is 1. The zero-order valence-electron chi connectivity index (χ0n) is 13.7. The Hall–Kier alpha value is -2.31. The number of urea groups is 1. The molecule has 0 spiro atoms. The van der Waals surface area contributed by atoms with Gasteiger partial charge in [0.1, 0.15) is 5.82 Å². The van der Waals surface area contributed by atoms with Crippen LogP contribution in [0.1, 0.15) is 12.8 Å². The third-order valence-electron chi connectivity index (χ3n) is 4.61. The number of nitrogens with one attached hydrogen (secondary N) is 1. The molecule has 2 fully saturated rings. The number of halogens is 1. The molecule has 1 aromatic rings. The lowest BCUT2D eigenvalue weighted by Crippen LogP contribution is -2.53. The first-order valence-corrected chi connectivity index (χ1v) is 8.44. The minimum atomic E-state index is -0.251. The molecule has 0 saturated carbocycles. The average Bonchev–Trinajstić information content (AvgIpc) is 3.15. The van der Waals surface area contributed by atoms with Crippen molar-refractivity contribution >= 4 is 17.6 Å². The van der Waals surface area contributed by atoms with E-state index in [-0.39, 0.29) is 24.3 Å². The highest BCUT2D eigenvalue weighted by molar-refractivity contribution is 5.84. The van der Waals surface area contributed by atoms with E-state index in [1.165, 1.54) is 12.1 Å². The smallest absolute Gasteiger partial charge is 0.317 e. The summed E-state index contributed by atoms with van der Waals surface area (Å²) in [7, 11) is 0. The molecule has 0 aromatic heterocycles. The van der Waals surface area contributed by atoms with Crippen LogP contribution < -0.4 is 10.2 Å². The van der Waals surface area contributed by atoms with E-state index in [0.717, 1.165) is 31.6 Å². The zero-order valence-corrected chi connectivity index (χ0v) is 13.7. The van der Waals surface area contributed by atoms with E-state index >= 15 is 0 Å². The minimum Gasteiger partial charge on any atom is -0.368 e. The Morgan fingerprint density at radius 2 is 1.54 bits per heavy atom. The second-order valence-corrected chi connectivity index (χ2v) is 6.20. The molecule has 0 atom stereocenters. The van der Waals surface area contributed by atoms with Crippen molar-refractivity contribution in [3.63, 3.8) is 0 Å². The minimum absolute atomic E-state index is 0.00852. The molecule has 2 heterocycles. The summed E-state index contributed by atoms with van der Waals surface area (Å²) in [6, 6.07) is 6.19. The summed E-state index contributed by atoms with van der Waals surface area (Å²) in [6.07, 6.45) is 2.09. The van der Waals surface area contributed by atoms with Gasteiger partial charge in [-0.2, -0.15) is 0 Å². The molecule has 130 valence electrons. The molecular weight excluding hydrogens is 311 g/mol. The van der Waals surface area contributed by atoms with Crippen LogP contribution in [0.25, 0.3) is 0 Å². The van der Waals surface area contributed by atoms with Gasteiger partial charge in [0.05, 0.1) is 6.54 Å². The highest BCUT2D eigenvalue weighted by Gasteiger charge is 2.23. The van der Waals surface area contributed by atoms with Crippen LogP contribution in [0.2, 0.25) is 0 Å². The fourth-order valence-corrected chi connectivity index (χ4v) is 3.16. The third-order valence-corrected chi connectivity index (χ3v) is 4.61. The first kappa shape index (κ1) is 16.5. The summed E-state index contributed by atoms with van der Waals surface area (Å²) in [4.78, 5) is 29.8. The molecule has 2 aliphatic heterocycles. The van der Waals surface area contributed by atoms with Crippen LogP contribution in [0.4, 0.5) is 14.9 Å². The van der Waals surface area contributed by atoms with Crippen molar-refractivity contribution in [2.45, 2.75) is 12.8 Å². The van der Waals surface area contributed by atoms with E-state index in [1.54, 1.807) is 21.9 Å². The van der Waals surface area contributed by atoms with E-state index in [2.05, 4.69) is 10.2 Å². The normalized spacial score (nSPS) is 18.0. The summed E-state index contributed by atoms with van der Waals surface area (Å²) in [5.41, 5.74) is 0.959.